The monoisotopic (exact) mass is 412 g/mol. The standard InChI is InChI=1S/C11H24O14S/c1-4-10(2)11(15-6-5-13-9-14-7-8-26-3)16-18-20-22-24-25-23-21-19-17-12/h10-12H,4-9H2,1-3H3. The van der Waals surface area contributed by atoms with Gasteiger partial charge in [0.05, 0.1) is 19.8 Å². The van der Waals surface area contributed by atoms with Crippen molar-refractivity contribution in [1.29, 1.82) is 0 Å². The predicted molar refractivity (Wildman–Crippen MR) is 77.8 cm³/mol. The van der Waals surface area contributed by atoms with E-state index in [9.17, 15) is 0 Å². The van der Waals surface area contributed by atoms with Gasteiger partial charge < -0.3 is 14.2 Å². The Balaban J connectivity index is 3.61. The average molecular weight is 412 g/mol. The van der Waals surface area contributed by atoms with Gasteiger partial charge >= 0.3 is 0 Å². The molecule has 0 aromatic carbocycles. The van der Waals surface area contributed by atoms with Crippen molar-refractivity contribution in [3.63, 3.8) is 0 Å². The Morgan fingerprint density at radius 1 is 0.846 bits per heavy atom. The Hall–Kier alpha value is -0.210. The second kappa shape index (κ2) is 21.1. The van der Waals surface area contributed by atoms with Crippen LogP contribution in [0, 0.1) is 5.92 Å². The van der Waals surface area contributed by atoms with Crippen molar-refractivity contribution in [2.45, 2.75) is 26.6 Å². The molecule has 0 fully saturated rings. The van der Waals surface area contributed by atoms with E-state index < -0.39 is 6.29 Å². The highest BCUT2D eigenvalue weighted by atomic mass is 32.2. The predicted octanol–water partition coefficient (Wildman–Crippen LogP) is 1.60. The highest BCUT2D eigenvalue weighted by Gasteiger charge is 2.19. The minimum absolute atomic E-state index is 0.0269. The molecule has 0 heterocycles. The maximum Gasteiger partial charge on any atom is 0.197 e. The third-order valence-corrected chi connectivity index (χ3v) is 3.15. The van der Waals surface area contributed by atoms with Crippen molar-refractivity contribution >= 4 is 11.8 Å². The Kier molecular flexibility index (Phi) is 20.9. The van der Waals surface area contributed by atoms with Crippen LogP contribution in [0.4, 0.5) is 0 Å². The van der Waals surface area contributed by atoms with Gasteiger partial charge in [0.1, 0.15) is 6.79 Å². The molecule has 2 atom stereocenters. The second-order valence-electron chi connectivity index (χ2n) is 4.27. The van der Waals surface area contributed by atoms with Crippen LogP contribution in [0.5, 0.6) is 0 Å². The van der Waals surface area contributed by atoms with Gasteiger partial charge in [0.2, 0.25) is 0 Å². The third-order valence-electron chi connectivity index (χ3n) is 2.58. The van der Waals surface area contributed by atoms with E-state index in [0.717, 1.165) is 12.2 Å². The van der Waals surface area contributed by atoms with Crippen molar-refractivity contribution in [3.05, 3.63) is 0 Å². The topological polar surface area (TPSA) is 140 Å². The van der Waals surface area contributed by atoms with E-state index in [0.29, 0.717) is 13.2 Å². The van der Waals surface area contributed by atoms with Gasteiger partial charge in [-0.1, -0.05) is 13.8 Å². The normalized spacial score (nSPS) is 13.8. The molecule has 0 aliphatic carbocycles. The quantitative estimate of drug-likeness (QED) is 0.126. The summed E-state index contributed by atoms with van der Waals surface area (Å²) in [6.07, 6.45) is 1.97. The summed E-state index contributed by atoms with van der Waals surface area (Å²) < 4.78 is 15.9. The van der Waals surface area contributed by atoms with Crippen LogP contribution in [0.2, 0.25) is 0 Å². The van der Waals surface area contributed by atoms with Crippen molar-refractivity contribution in [2.24, 2.45) is 5.92 Å². The molecule has 0 spiro atoms. The second-order valence-corrected chi connectivity index (χ2v) is 5.25. The number of rotatable bonds is 21. The molecule has 0 saturated carbocycles. The molecule has 2 unspecified atom stereocenters. The number of ether oxygens (including phenoxy) is 3. The van der Waals surface area contributed by atoms with Gasteiger partial charge in [-0.15, -0.1) is 0 Å². The van der Waals surface area contributed by atoms with Gasteiger partial charge in [-0.05, 0) is 58.0 Å². The van der Waals surface area contributed by atoms with Crippen LogP contribution in [0.1, 0.15) is 20.3 Å². The summed E-state index contributed by atoms with van der Waals surface area (Å²) in [5.74, 6) is 0.878. The van der Waals surface area contributed by atoms with E-state index in [4.69, 9.17) is 24.4 Å². The molecule has 0 saturated heterocycles. The zero-order valence-corrected chi connectivity index (χ0v) is 15.4. The van der Waals surface area contributed by atoms with Gasteiger partial charge in [-0.25, -0.2) is 5.26 Å². The van der Waals surface area contributed by atoms with Crippen LogP contribution in [-0.4, -0.2) is 50.2 Å². The Morgan fingerprint density at radius 3 is 2.08 bits per heavy atom. The Bertz CT molecular complexity index is 275. The van der Waals surface area contributed by atoms with E-state index in [-0.39, 0.29) is 19.3 Å². The van der Waals surface area contributed by atoms with E-state index in [1.54, 1.807) is 11.8 Å². The van der Waals surface area contributed by atoms with Crippen molar-refractivity contribution in [3.8, 4) is 0 Å². The van der Waals surface area contributed by atoms with Crippen LogP contribution in [0.15, 0.2) is 0 Å². The molecule has 0 aromatic rings. The minimum Gasteiger partial charge on any atom is -0.355 e. The minimum atomic E-state index is -0.764. The Morgan fingerprint density at radius 2 is 1.46 bits per heavy atom. The summed E-state index contributed by atoms with van der Waals surface area (Å²) in [7, 11) is 0. The summed E-state index contributed by atoms with van der Waals surface area (Å²) in [5.41, 5.74) is 0. The van der Waals surface area contributed by atoms with Crippen LogP contribution >= 0.6 is 11.8 Å². The molecular weight excluding hydrogens is 388 g/mol. The van der Waals surface area contributed by atoms with Gasteiger partial charge in [-0.2, -0.15) is 16.6 Å². The summed E-state index contributed by atoms with van der Waals surface area (Å²) >= 11 is 1.69. The molecule has 0 rings (SSSR count). The van der Waals surface area contributed by atoms with Gasteiger partial charge in [0.25, 0.3) is 0 Å². The number of thioether (sulfide) groups is 1. The molecule has 158 valence electrons. The maximum atomic E-state index is 7.65. The molecule has 0 amide bonds. The van der Waals surface area contributed by atoms with Crippen molar-refractivity contribution in [2.75, 3.05) is 38.6 Å². The highest BCUT2D eigenvalue weighted by molar-refractivity contribution is 7.98. The first-order chi connectivity index (χ1) is 12.8. The summed E-state index contributed by atoms with van der Waals surface area (Å²) in [4.78, 5) is 4.86. The first-order valence-electron chi connectivity index (χ1n) is 7.32. The lowest BCUT2D eigenvalue weighted by atomic mass is 10.1. The van der Waals surface area contributed by atoms with Gasteiger partial charge in [-0.3, -0.25) is 0 Å². The van der Waals surface area contributed by atoms with Crippen LogP contribution in [0.3, 0.4) is 0 Å². The maximum absolute atomic E-state index is 7.65. The molecule has 0 bridgehead atoms. The highest BCUT2D eigenvalue weighted by Crippen LogP contribution is 2.13. The lowest BCUT2D eigenvalue weighted by Gasteiger charge is -2.20. The van der Waals surface area contributed by atoms with Gasteiger partial charge in [0.15, 0.2) is 6.29 Å². The molecular formula is C11H24O14S. The van der Waals surface area contributed by atoms with E-state index >= 15 is 0 Å². The third kappa shape index (κ3) is 17.2. The molecule has 1 N–H and O–H groups in total. The number of hydrogen-bond acceptors (Lipinski definition) is 15. The van der Waals surface area contributed by atoms with Crippen molar-refractivity contribution < 1.29 is 69.7 Å². The van der Waals surface area contributed by atoms with Crippen molar-refractivity contribution in [1.82, 2.24) is 0 Å². The van der Waals surface area contributed by atoms with Gasteiger partial charge in [0, 0.05) is 11.7 Å². The largest absolute Gasteiger partial charge is 0.355 e. The van der Waals surface area contributed by atoms with Crippen LogP contribution in [0.25, 0.3) is 0 Å². The molecule has 14 nitrogen and oxygen atoms in total. The molecule has 15 heteroatoms. The fourth-order valence-electron chi connectivity index (χ4n) is 1.16. The number of hydrogen-bond donors (Lipinski definition) is 1. The molecule has 0 aromatic heterocycles. The SMILES string of the molecule is CCC(C)C(OCCOCOCCSC)OOOOOOOOOOO. The lowest BCUT2D eigenvalue weighted by Crippen LogP contribution is -2.27. The molecule has 0 aliphatic rings. The molecule has 0 radical (unpaired) electrons. The first kappa shape index (κ1) is 25.8. The van der Waals surface area contributed by atoms with Crippen LogP contribution in [-0.2, 0) is 64.4 Å². The summed E-state index contributed by atoms with van der Waals surface area (Å²) in [6, 6.07) is 0. The zero-order valence-electron chi connectivity index (χ0n) is 14.6. The lowest BCUT2D eigenvalue weighted by molar-refractivity contribution is -0.855. The zero-order chi connectivity index (χ0) is 19.3. The summed E-state index contributed by atoms with van der Waals surface area (Å²) in [5, 5.41) is 40.5. The molecule has 0 aliphatic heterocycles. The summed E-state index contributed by atoms with van der Waals surface area (Å²) in [6.45, 7) is 5.16. The Labute approximate surface area is 153 Å². The smallest absolute Gasteiger partial charge is 0.197 e. The van der Waals surface area contributed by atoms with E-state index in [1.165, 1.54) is 0 Å². The average Bonchev–Trinajstić information content (AvgIpc) is 2.66. The van der Waals surface area contributed by atoms with Crippen LogP contribution < -0.4 is 0 Å². The first-order valence-corrected chi connectivity index (χ1v) is 8.71. The fourth-order valence-corrected chi connectivity index (χ4v) is 1.44. The van der Waals surface area contributed by atoms with E-state index in [1.807, 2.05) is 20.1 Å². The molecule has 26 heavy (non-hydrogen) atoms. The fraction of sp³-hybridized carbons (Fsp3) is 1.00. The van der Waals surface area contributed by atoms with E-state index in [2.05, 4.69) is 45.3 Å².